The molecule has 0 saturated carbocycles. The second-order valence-corrected chi connectivity index (χ2v) is 6.89. The second-order valence-electron chi connectivity index (χ2n) is 6.89. The van der Waals surface area contributed by atoms with Crippen LogP contribution in [0.3, 0.4) is 0 Å². The van der Waals surface area contributed by atoms with Gasteiger partial charge in [-0.25, -0.2) is 0 Å². The summed E-state index contributed by atoms with van der Waals surface area (Å²) < 4.78 is 11.7. The summed E-state index contributed by atoms with van der Waals surface area (Å²) in [7, 11) is 0. The summed E-state index contributed by atoms with van der Waals surface area (Å²) in [6, 6.07) is 15.4. The number of likely N-dealkylation sites (tertiary alicyclic amines) is 1. The van der Waals surface area contributed by atoms with Crippen LogP contribution in [0.15, 0.2) is 48.5 Å². The van der Waals surface area contributed by atoms with Gasteiger partial charge in [0.1, 0.15) is 11.9 Å². The Bertz CT molecular complexity index is 988. The van der Waals surface area contributed by atoms with Crippen molar-refractivity contribution in [1.82, 2.24) is 15.1 Å². The van der Waals surface area contributed by atoms with Gasteiger partial charge in [0.05, 0.1) is 24.4 Å². The van der Waals surface area contributed by atoms with Crippen LogP contribution in [0.2, 0.25) is 0 Å². The van der Waals surface area contributed by atoms with E-state index in [9.17, 15) is 4.79 Å². The van der Waals surface area contributed by atoms with Crippen LogP contribution in [0.25, 0.3) is 10.8 Å². The third kappa shape index (κ3) is 3.63. The molecule has 2 heterocycles. The van der Waals surface area contributed by atoms with Crippen LogP contribution in [0.4, 0.5) is 0 Å². The van der Waals surface area contributed by atoms with Gasteiger partial charge in [-0.05, 0) is 36.8 Å². The zero-order valence-electron chi connectivity index (χ0n) is 16.1. The highest BCUT2D eigenvalue weighted by Gasteiger charge is 2.31. The Morgan fingerprint density at radius 1 is 1.14 bits per heavy atom. The lowest BCUT2D eigenvalue weighted by molar-refractivity contribution is 0.0769. The number of amides is 1. The molecule has 1 aromatic heterocycles. The molecule has 6 nitrogen and oxygen atoms in total. The van der Waals surface area contributed by atoms with Crippen molar-refractivity contribution in [2.75, 3.05) is 19.7 Å². The number of aryl methyl sites for hydroxylation is 1. The predicted octanol–water partition coefficient (Wildman–Crippen LogP) is 3.63. The maximum Gasteiger partial charge on any atom is 0.258 e. The molecule has 1 saturated heterocycles. The van der Waals surface area contributed by atoms with Crippen LogP contribution in [0, 0.1) is 6.92 Å². The third-order valence-electron chi connectivity index (χ3n) is 4.90. The summed E-state index contributed by atoms with van der Waals surface area (Å²) in [6.45, 7) is 5.47. The topological polar surface area (TPSA) is 64.5 Å². The number of hydrogen-bond acceptors (Lipinski definition) is 5. The van der Waals surface area contributed by atoms with E-state index < -0.39 is 0 Å². The minimum Gasteiger partial charge on any atom is -0.493 e. The number of rotatable bonds is 5. The van der Waals surface area contributed by atoms with Crippen molar-refractivity contribution in [1.29, 1.82) is 0 Å². The van der Waals surface area contributed by atoms with Crippen LogP contribution in [-0.4, -0.2) is 46.8 Å². The Kier molecular flexibility index (Phi) is 5.10. The van der Waals surface area contributed by atoms with Crippen molar-refractivity contribution in [3.05, 3.63) is 59.8 Å². The number of nitrogens with zero attached hydrogens (tertiary/aromatic N) is 3. The van der Waals surface area contributed by atoms with Gasteiger partial charge >= 0.3 is 0 Å². The van der Waals surface area contributed by atoms with Gasteiger partial charge in [-0.2, -0.15) is 5.10 Å². The minimum atomic E-state index is -0.0912. The van der Waals surface area contributed by atoms with E-state index >= 15 is 0 Å². The summed E-state index contributed by atoms with van der Waals surface area (Å²) >= 11 is 0. The zero-order valence-corrected chi connectivity index (χ0v) is 16.1. The van der Waals surface area contributed by atoms with Crippen LogP contribution in [0.5, 0.6) is 11.6 Å². The zero-order chi connectivity index (χ0) is 19.5. The van der Waals surface area contributed by atoms with Gasteiger partial charge in [-0.15, -0.1) is 5.10 Å². The van der Waals surface area contributed by atoms with Crippen LogP contribution < -0.4 is 9.47 Å². The Balaban J connectivity index is 1.56. The van der Waals surface area contributed by atoms with Crippen molar-refractivity contribution >= 4 is 16.7 Å². The second kappa shape index (κ2) is 7.84. The third-order valence-corrected chi connectivity index (χ3v) is 4.90. The molecule has 1 amide bonds. The molecular formula is C22H23N3O3. The molecule has 144 valence electrons. The van der Waals surface area contributed by atoms with Gasteiger partial charge in [0, 0.05) is 19.0 Å². The molecule has 0 spiro atoms. The summed E-state index contributed by atoms with van der Waals surface area (Å²) in [5.41, 5.74) is 1.46. The molecule has 1 atom stereocenters. The van der Waals surface area contributed by atoms with E-state index in [1.165, 1.54) is 0 Å². The number of aromatic nitrogens is 2. The molecule has 3 aromatic rings. The van der Waals surface area contributed by atoms with E-state index in [2.05, 4.69) is 10.2 Å². The predicted molar refractivity (Wildman–Crippen MR) is 107 cm³/mol. The largest absolute Gasteiger partial charge is 0.493 e. The van der Waals surface area contributed by atoms with E-state index in [1.807, 2.05) is 67.3 Å². The highest BCUT2D eigenvalue weighted by molar-refractivity contribution is 6.09. The molecule has 6 heteroatoms. The van der Waals surface area contributed by atoms with Crippen molar-refractivity contribution < 1.29 is 14.3 Å². The highest BCUT2D eigenvalue weighted by atomic mass is 16.5. The van der Waals surface area contributed by atoms with Crippen molar-refractivity contribution in [3.8, 4) is 11.6 Å². The van der Waals surface area contributed by atoms with Gasteiger partial charge in [-0.1, -0.05) is 30.3 Å². The van der Waals surface area contributed by atoms with Crippen LogP contribution in [0.1, 0.15) is 29.4 Å². The first-order valence-corrected chi connectivity index (χ1v) is 9.56. The normalized spacial score (nSPS) is 16.4. The summed E-state index contributed by atoms with van der Waals surface area (Å²) in [5.74, 6) is 1.09. The molecule has 4 rings (SSSR count). The lowest BCUT2D eigenvalue weighted by Crippen LogP contribution is -2.31. The average molecular weight is 377 g/mol. The fourth-order valence-corrected chi connectivity index (χ4v) is 3.54. The summed E-state index contributed by atoms with van der Waals surface area (Å²) in [5, 5.41) is 10.0. The number of hydrogen-bond donors (Lipinski definition) is 0. The quantitative estimate of drug-likeness (QED) is 0.679. The molecule has 1 aliphatic heterocycles. The van der Waals surface area contributed by atoms with E-state index in [4.69, 9.17) is 9.47 Å². The van der Waals surface area contributed by atoms with Crippen molar-refractivity contribution in [2.24, 2.45) is 0 Å². The molecule has 0 radical (unpaired) electrons. The maximum absolute atomic E-state index is 13.4. The maximum atomic E-state index is 13.4. The van der Waals surface area contributed by atoms with Gasteiger partial charge in [0.2, 0.25) is 5.88 Å². The number of carbonyl (C=O) groups excluding carboxylic acids is 1. The fraction of sp³-hybridized carbons (Fsp3) is 0.318. The lowest BCUT2D eigenvalue weighted by atomic mass is 10.0. The molecule has 2 aromatic carbocycles. The number of carbonyl (C=O) groups is 1. The summed E-state index contributed by atoms with van der Waals surface area (Å²) in [6.07, 6.45) is 0.669. The van der Waals surface area contributed by atoms with Crippen LogP contribution >= 0.6 is 0 Å². The van der Waals surface area contributed by atoms with Crippen LogP contribution in [-0.2, 0) is 0 Å². The Morgan fingerprint density at radius 3 is 2.79 bits per heavy atom. The van der Waals surface area contributed by atoms with Gasteiger partial charge in [-0.3, -0.25) is 4.79 Å². The first kappa shape index (κ1) is 18.2. The van der Waals surface area contributed by atoms with Crippen molar-refractivity contribution in [3.63, 3.8) is 0 Å². The number of ether oxygens (including phenoxy) is 2. The van der Waals surface area contributed by atoms with E-state index in [0.717, 1.165) is 22.9 Å². The average Bonchev–Trinajstić information content (AvgIpc) is 3.18. The van der Waals surface area contributed by atoms with E-state index in [1.54, 1.807) is 0 Å². The lowest BCUT2D eigenvalue weighted by Gasteiger charge is -2.20. The molecule has 1 unspecified atom stereocenters. The standard InChI is InChI=1S/C22H23N3O3/c1-3-27-19-10-9-16-6-4-5-7-18(16)21(19)22(26)25-13-12-17(14-25)28-20-11-8-15(2)23-24-20/h4-11,17H,3,12-14H2,1-2H3. The van der Waals surface area contributed by atoms with Crippen molar-refractivity contribution in [2.45, 2.75) is 26.4 Å². The first-order valence-electron chi connectivity index (χ1n) is 9.56. The van der Waals surface area contributed by atoms with E-state index in [-0.39, 0.29) is 12.0 Å². The fourth-order valence-electron chi connectivity index (χ4n) is 3.54. The Hall–Kier alpha value is -3.15. The Morgan fingerprint density at radius 2 is 2.00 bits per heavy atom. The van der Waals surface area contributed by atoms with E-state index in [0.29, 0.717) is 36.9 Å². The first-order chi connectivity index (χ1) is 13.7. The molecule has 0 aliphatic carbocycles. The van der Waals surface area contributed by atoms with Gasteiger partial charge in [0.15, 0.2) is 0 Å². The van der Waals surface area contributed by atoms with Gasteiger partial charge < -0.3 is 14.4 Å². The molecular weight excluding hydrogens is 354 g/mol. The minimum absolute atomic E-state index is 0.0265. The molecule has 0 bridgehead atoms. The molecule has 1 fully saturated rings. The molecule has 0 N–H and O–H groups in total. The van der Waals surface area contributed by atoms with Gasteiger partial charge in [0.25, 0.3) is 5.91 Å². The number of fused-ring (bicyclic) bond motifs is 1. The number of benzene rings is 2. The SMILES string of the molecule is CCOc1ccc2ccccc2c1C(=O)N1CCC(Oc2ccc(C)nn2)C1. The monoisotopic (exact) mass is 377 g/mol. The smallest absolute Gasteiger partial charge is 0.258 e. The molecule has 1 aliphatic rings. The highest BCUT2D eigenvalue weighted by Crippen LogP contribution is 2.31. The Labute approximate surface area is 164 Å². The molecule has 28 heavy (non-hydrogen) atoms. The summed E-state index contributed by atoms with van der Waals surface area (Å²) in [4.78, 5) is 15.2.